The van der Waals surface area contributed by atoms with Crippen molar-refractivity contribution in [3.05, 3.63) is 59.5 Å². The molecule has 28 heavy (non-hydrogen) atoms. The van der Waals surface area contributed by atoms with E-state index in [0.717, 1.165) is 22.0 Å². The minimum Gasteiger partial charge on any atom is -0.493 e. The number of rotatable bonds is 7. The van der Waals surface area contributed by atoms with Crippen molar-refractivity contribution < 1.29 is 18.7 Å². The molecule has 0 bridgehead atoms. The molecule has 0 radical (unpaired) electrons. The molecule has 5 nitrogen and oxygen atoms in total. The van der Waals surface area contributed by atoms with Gasteiger partial charge in [0.05, 0.1) is 20.6 Å². The smallest absolute Gasteiger partial charge is 0.224 e. The molecule has 148 valence electrons. The predicted octanol–water partition coefficient (Wildman–Crippen LogP) is 3.96. The van der Waals surface area contributed by atoms with E-state index in [1.165, 1.54) is 12.1 Å². The number of H-pyrrole nitrogens is 1. The van der Waals surface area contributed by atoms with E-state index in [2.05, 4.69) is 24.1 Å². The van der Waals surface area contributed by atoms with E-state index in [4.69, 9.17) is 9.47 Å². The van der Waals surface area contributed by atoms with E-state index in [0.29, 0.717) is 18.0 Å². The fraction of sp³-hybridized carbons (Fsp3) is 0.318. The zero-order chi connectivity index (χ0) is 20.3. The molecule has 0 spiro atoms. The van der Waals surface area contributed by atoms with Crippen molar-refractivity contribution in [1.29, 1.82) is 0 Å². The minimum absolute atomic E-state index is 0.0776. The Kier molecular flexibility index (Phi) is 5.58. The number of methoxy groups -OCH3 is 2. The zero-order valence-electron chi connectivity index (χ0n) is 16.6. The number of fused-ring (bicyclic) bond motifs is 1. The highest BCUT2D eigenvalue weighted by Crippen LogP contribution is 2.31. The molecule has 0 unspecified atom stereocenters. The molecule has 6 heteroatoms. The van der Waals surface area contributed by atoms with E-state index >= 15 is 0 Å². The molecule has 0 saturated heterocycles. The van der Waals surface area contributed by atoms with Crippen LogP contribution in [0.15, 0.2) is 42.6 Å². The van der Waals surface area contributed by atoms with Gasteiger partial charge in [0.25, 0.3) is 0 Å². The first kappa shape index (κ1) is 19.7. The molecule has 1 heterocycles. The fourth-order valence-electron chi connectivity index (χ4n) is 3.31. The Morgan fingerprint density at radius 3 is 2.57 bits per heavy atom. The molecule has 1 aromatic heterocycles. The van der Waals surface area contributed by atoms with Gasteiger partial charge in [-0.3, -0.25) is 4.79 Å². The second-order valence-corrected chi connectivity index (χ2v) is 7.42. The number of halogens is 1. The molecule has 0 aliphatic carbocycles. The molecule has 0 aliphatic heterocycles. The van der Waals surface area contributed by atoms with E-state index < -0.39 is 0 Å². The number of benzene rings is 2. The number of aromatic nitrogens is 1. The van der Waals surface area contributed by atoms with Gasteiger partial charge in [0.2, 0.25) is 5.91 Å². The minimum atomic E-state index is -0.316. The quantitative estimate of drug-likeness (QED) is 0.648. The number of aromatic amines is 1. The Morgan fingerprint density at radius 2 is 1.86 bits per heavy atom. The number of carbonyl (C=O) groups excluding carboxylic acids is 1. The third-order valence-corrected chi connectivity index (χ3v) is 4.91. The van der Waals surface area contributed by atoms with Gasteiger partial charge in [-0.1, -0.05) is 19.9 Å². The summed E-state index contributed by atoms with van der Waals surface area (Å²) >= 11 is 0. The predicted molar refractivity (Wildman–Crippen MR) is 108 cm³/mol. The molecule has 0 aliphatic rings. The Morgan fingerprint density at radius 1 is 1.11 bits per heavy atom. The average Bonchev–Trinajstić information content (AvgIpc) is 3.10. The molecule has 0 fully saturated rings. The van der Waals surface area contributed by atoms with Crippen molar-refractivity contribution in [1.82, 2.24) is 10.3 Å². The average molecular weight is 384 g/mol. The lowest BCUT2D eigenvalue weighted by atomic mass is 9.84. The summed E-state index contributed by atoms with van der Waals surface area (Å²) in [6, 6.07) is 10.1. The van der Waals surface area contributed by atoms with Gasteiger partial charge in [-0.15, -0.1) is 0 Å². The first-order valence-corrected chi connectivity index (χ1v) is 9.09. The molecular formula is C22H25FN2O3. The zero-order valence-corrected chi connectivity index (χ0v) is 16.6. The largest absolute Gasteiger partial charge is 0.493 e. The summed E-state index contributed by atoms with van der Waals surface area (Å²) < 4.78 is 23.9. The van der Waals surface area contributed by atoms with Crippen LogP contribution in [0.3, 0.4) is 0 Å². The van der Waals surface area contributed by atoms with Crippen molar-refractivity contribution in [2.75, 3.05) is 20.8 Å². The Hall–Kier alpha value is -3.02. The van der Waals surface area contributed by atoms with Crippen LogP contribution in [0.5, 0.6) is 11.5 Å². The SMILES string of the molecule is COc1ccc(CC(=O)NCC(C)(C)c2c[nH]c3cc(F)ccc23)cc1OC. The summed E-state index contributed by atoms with van der Waals surface area (Å²) in [5, 5.41) is 3.96. The number of carbonyl (C=O) groups is 1. The molecule has 3 rings (SSSR count). The lowest BCUT2D eigenvalue weighted by molar-refractivity contribution is -0.120. The van der Waals surface area contributed by atoms with Crippen molar-refractivity contribution in [2.24, 2.45) is 0 Å². The maximum absolute atomic E-state index is 13.4. The van der Waals surface area contributed by atoms with Crippen LogP contribution < -0.4 is 14.8 Å². The third-order valence-electron chi connectivity index (χ3n) is 4.91. The van der Waals surface area contributed by atoms with Crippen LogP contribution in [0.25, 0.3) is 10.9 Å². The van der Waals surface area contributed by atoms with E-state index in [1.54, 1.807) is 32.4 Å². The molecule has 3 aromatic rings. The second-order valence-electron chi connectivity index (χ2n) is 7.42. The summed E-state index contributed by atoms with van der Waals surface area (Å²) in [4.78, 5) is 15.6. The first-order chi connectivity index (χ1) is 13.3. The van der Waals surface area contributed by atoms with E-state index in [9.17, 15) is 9.18 Å². The van der Waals surface area contributed by atoms with E-state index in [-0.39, 0.29) is 23.6 Å². The highest BCUT2D eigenvalue weighted by atomic mass is 19.1. The molecule has 1 amide bonds. The summed E-state index contributed by atoms with van der Waals surface area (Å²) in [5.41, 5.74) is 2.31. The second kappa shape index (κ2) is 7.92. The van der Waals surface area contributed by atoms with Crippen molar-refractivity contribution in [3.8, 4) is 11.5 Å². The number of hydrogen-bond donors (Lipinski definition) is 2. The van der Waals surface area contributed by atoms with Crippen LogP contribution in [-0.4, -0.2) is 31.7 Å². The number of ether oxygens (including phenoxy) is 2. The first-order valence-electron chi connectivity index (χ1n) is 9.09. The lowest BCUT2D eigenvalue weighted by Crippen LogP contribution is -2.37. The van der Waals surface area contributed by atoms with Gasteiger partial charge >= 0.3 is 0 Å². The number of nitrogens with one attached hydrogen (secondary N) is 2. The van der Waals surface area contributed by atoms with Crippen molar-refractivity contribution in [2.45, 2.75) is 25.7 Å². The summed E-state index contributed by atoms with van der Waals surface area (Å²) in [7, 11) is 3.14. The van der Waals surface area contributed by atoms with Crippen LogP contribution in [-0.2, 0) is 16.6 Å². The maximum atomic E-state index is 13.4. The van der Waals surface area contributed by atoms with Crippen molar-refractivity contribution in [3.63, 3.8) is 0 Å². The van der Waals surface area contributed by atoms with Gasteiger partial charge in [-0.25, -0.2) is 4.39 Å². The van der Waals surface area contributed by atoms with Crippen LogP contribution in [0.4, 0.5) is 4.39 Å². The standard InChI is InChI=1S/C22H25FN2O3/c1-22(2,17-12-24-18-11-15(23)6-7-16(17)18)13-25-21(26)10-14-5-8-19(27-3)20(9-14)28-4/h5-9,11-12,24H,10,13H2,1-4H3,(H,25,26). The monoisotopic (exact) mass is 384 g/mol. The lowest BCUT2D eigenvalue weighted by Gasteiger charge is -2.25. The number of amides is 1. The normalized spacial score (nSPS) is 11.5. The van der Waals surface area contributed by atoms with Gasteiger partial charge in [-0.05, 0) is 41.5 Å². The van der Waals surface area contributed by atoms with Crippen LogP contribution in [0, 0.1) is 5.82 Å². The molecule has 2 N–H and O–H groups in total. The van der Waals surface area contributed by atoms with Crippen LogP contribution in [0.1, 0.15) is 25.0 Å². The van der Waals surface area contributed by atoms with Gasteiger partial charge in [0, 0.05) is 29.1 Å². The summed E-state index contributed by atoms with van der Waals surface area (Å²) in [5.74, 6) is 0.871. The van der Waals surface area contributed by atoms with Gasteiger partial charge < -0.3 is 19.8 Å². The molecule has 0 atom stereocenters. The Labute approximate surface area is 163 Å². The summed E-state index contributed by atoms with van der Waals surface area (Å²) in [6.45, 7) is 4.56. The molecule has 0 saturated carbocycles. The van der Waals surface area contributed by atoms with Crippen LogP contribution in [0.2, 0.25) is 0 Å². The third kappa shape index (κ3) is 4.11. The number of hydrogen-bond acceptors (Lipinski definition) is 3. The maximum Gasteiger partial charge on any atom is 0.224 e. The van der Waals surface area contributed by atoms with Gasteiger partial charge in [-0.2, -0.15) is 0 Å². The highest BCUT2D eigenvalue weighted by molar-refractivity contribution is 5.84. The highest BCUT2D eigenvalue weighted by Gasteiger charge is 2.25. The topological polar surface area (TPSA) is 63.3 Å². The molecule has 2 aromatic carbocycles. The fourth-order valence-corrected chi connectivity index (χ4v) is 3.31. The van der Waals surface area contributed by atoms with Gasteiger partial charge in [0.1, 0.15) is 5.82 Å². The Bertz CT molecular complexity index is 995. The van der Waals surface area contributed by atoms with Crippen LogP contribution >= 0.6 is 0 Å². The molecular weight excluding hydrogens is 359 g/mol. The Balaban J connectivity index is 1.67. The van der Waals surface area contributed by atoms with E-state index in [1.807, 2.05) is 12.3 Å². The summed E-state index contributed by atoms with van der Waals surface area (Å²) in [6.07, 6.45) is 2.13. The van der Waals surface area contributed by atoms with Crippen molar-refractivity contribution >= 4 is 16.8 Å². The van der Waals surface area contributed by atoms with Gasteiger partial charge in [0.15, 0.2) is 11.5 Å².